The van der Waals surface area contributed by atoms with Crippen LogP contribution < -0.4 is 22.1 Å². The number of hydrogen-bond acceptors (Lipinski definition) is 8. The van der Waals surface area contributed by atoms with Crippen LogP contribution >= 0.6 is 11.6 Å². The smallest absolute Gasteiger partial charge is 0.293 e. The number of hydrogen-bond donors (Lipinski definition) is 3. The molecule has 2 aromatic carbocycles. The lowest BCUT2D eigenvalue weighted by Crippen LogP contribution is -2.37. The van der Waals surface area contributed by atoms with Gasteiger partial charge < -0.3 is 25.5 Å². The fourth-order valence-electron chi connectivity index (χ4n) is 5.10. The van der Waals surface area contributed by atoms with E-state index in [1.807, 2.05) is 42.6 Å². The van der Waals surface area contributed by atoms with Crippen LogP contribution in [0, 0.1) is 0 Å². The molecule has 5 rings (SSSR count). The molecule has 9 heteroatoms. The molecule has 202 valence electrons. The number of para-hydroxylation sites is 2. The summed E-state index contributed by atoms with van der Waals surface area (Å²) in [7, 11) is 2.19. The first-order valence-electron chi connectivity index (χ1n) is 12.9. The Morgan fingerprint density at radius 1 is 1.16 bits per heavy atom. The van der Waals surface area contributed by atoms with Crippen molar-refractivity contribution in [3.63, 3.8) is 0 Å². The second kappa shape index (κ2) is 12.9. The number of benzene rings is 2. The lowest BCUT2D eigenvalue weighted by atomic mass is 9.84. The number of allylic oxidation sites excluding steroid dienone is 1. The summed E-state index contributed by atoms with van der Waals surface area (Å²) in [6, 6.07) is 13.8. The highest BCUT2D eigenvalue weighted by Crippen LogP contribution is 2.41. The number of anilines is 2. The molecular weight excluding hydrogens is 502 g/mol. The predicted molar refractivity (Wildman–Crippen MR) is 153 cm³/mol. The fourth-order valence-corrected chi connectivity index (χ4v) is 5.30. The standard InChI is InChI=1S/C26H30ClN5O.C3H6O2/c1-31-14-11-17(12-15-31)25-20-9-7-19(27)16-18(20)6-8-21-24(10-13-30-26(21)25)33-32(29)23-5-3-2-4-22(23)28;1-2-5-3-4/h2-5,7,9-10,13,16,26,30H,6,8,11-12,14-15,28-29H2,1H3;3H,2H2,1H3. The van der Waals surface area contributed by atoms with Gasteiger partial charge in [0.15, 0.2) is 5.76 Å². The maximum absolute atomic E-state index is 9.18. The Labute approximate surface area is 229 Å². The van der Waals surface area contributed by atoms with Crippen LogP contribution in [0.2, 0.25) is 5.02 Å². The summed E-state index contributed by atoms with van der Waals surface area (Å²) in [4.78, 5) is 17.8. The number of aryl methyl sites for hydroxylation is 1. The Hall–Kier alpha value is -3.46. The van der Waals surface area contributed by atoms with Gasteiger partial charge in [0.2, 0.25) is 0 Å². The van der Waals surface area contributed by atoms with Gasteiger partial charge in [0.25, 0.3) is 6.47 Å². The molecule has 3 aliphatic rings. The molecule has 1 saturated heterocycles. The molecule has 0 radical (unpaired) electrons. The van der Waals surface area contributed by atoms with Crippen molar-refractivity contribution in [2.24, 2.45) is 5.84 Å². The summed E-state index contributed by atoms with van der Waals surface area (Å²) in [5, 5.41) is 5.66. The highest BCUT2D eigenvalue weighted by Gasteiger charge is 2.33. The number of carbonyl (C=O) groups excluding carboxylic acids is 1. The Morgan fingerprint density at radius 2 is 1.92 bits per heavy atom. The number of piperidine rings is 1. The van der Waals surface area contributed by atoms with Gasteiger partial charge in [-0.15, -0.1) is 5.17 Å². The van der Waals surface area contributed by atoms with Crippen LogP contribution in [0.5, 0.6) is 0 Å². The maximum atomic E-state index is 9.18. The van der Waals surface area contributed by atoms with E-state index in [4.69, 9.17) is 28.0 Å². The number of nitrogen functional groups attached to an aromatic ring is 1. The Balaban J connectivity index is 0.000000617. The zero-order valence-electron chi connectivity index (χ0n) is 22.0. The van der Waals surface area contributed by atoms with E-state index in [9.17, 15) is 4.79 Å². The number of likely N-dealkylation sites (tertiary alicyclic amines) is 1. The van der Waals surface area contributed by atoms with Crippen molar-refractivity contribution in [1.29, 1.82) is 0 Å². The zero-order valence-corrected chi connectivity index (χ0v) is 22.7. The number of dihydropyridines is 1. The number of nitrogens with two attached hydrogens (primary N) is 2. The zero-order chi connectivity index (χ0) is 27.1. The van der Waals surface area contributed by atoms with Gasteiger partial charge in [0, 0.05) is 29.9 Å². The van der Waals surface area contributed by atoms with Crippen LogP contribution in [0.25, 0.3) is 5.57 Å². The SMILES string of the molecule is CCOC=O.CN1CCC(=C2c3ccc(Cl)cc3CCC3=C(ON(N)c4ccccc4N)C=CNC32)CC1. The largest absolute Gasteiger partial charge is 0.468 e. The summed E-state index contributed by atoms with van der Waals surface area (Å²) in [6.07, 6.45) is 7.76. The maximum Gasteiger partial charge on any atom is 0.293 e. The highest BCUT2D eigenvalue weighted by atomic mass is 35.5. The normalized spacial score (nSPS) is 18.8. The van der Waals surface area contributed by atoms with Crippen LogP contribution in [0.3, 0.4) is 0 Å². The lowest BCUT2D eigenvalue weighted by molar-refractivity contribution is -0.128. The van der Waals surface area contributed by atoms with Gasteiger partial charge in [-0.25, -0.2) is 5.84 Å². The van der Waals surface area contributed by atoms with Gasteiger partial charge in [-0.2, -0.15) is 0 Å². The number of ether oxygens (including phenoxy) is 1. The minimum Gasteiger partial charge on any atom is -0.468 e. The van der Waals surface area contributed by atoms with E-state index in [1.54, 1.807) is 6.92 Å². The van der Waals surface area contributed by atoms with Gasteiger partial charge in [0.1, 0.15) is 5.69 Å². The molecular formula is C29H36ClN5O3. The molecule has 8 nitrogen and oxygen atoms in total. The number of hydrazine groups is 1. The number of halogens is 1. The summed E-state index contributed by atoms with van der Waals surface area (Å²) >= 11 is 6.39. The monoisotopic (exact) mass is 537 g/mol. The summed E-state index contributed by atoms with van der Waals surface area (Å²) in [5.41, 5.74) is 13.9. The lowest BCUT2D eigenvalue weighted by Gasteiger charge is -2.33. The summed E-state index contributed by atoms with van der Waals surface area (Å²) in [6.45, 7) is 4.80. The van der Waals surface area contributed by atoms with Crippen molar-refractivity contribution in [1.82, 2.24) is 10.2 Å². The minimum atomic E-state index is 0.0346. The van der Waals surface area contributed by atoms with Crippen molar-refractivity contribution in [2.75, 3.05) is 37.6 Å². The van der Waals surface area contributed by atoms with Crippen molar-refractivity contribution >= 4 is 35.0 Å². The molecule has 38 heavy (non-hydrogen) atoms. The fraction of sp³-hybridized carbons (Fsp3) is 0.345. The highest BCUT2D eigenvalue weighted by molar-refractivity contribution is 6.30. The molecule has 2 aliphatic heterocycles. The predicted octanol–water partition coefficient (Wildman–Crippen LogP) is 4.58. The number of rotatable bonds is 5. The minimum absolute atomic E-state index is 0.0346. The third-order valence-electron chi connectivity index (χ3n) is 7.05. The molecule has 0 spiro atoms. The third kappa shape index (κ3) is 6.32. The third-order valence-corrected chi connectivity index (χ3v) is 7.28. The number of nitrogens with one attached hydrogen (secondary N) is 1. The van der Waals surface area contributed by atoms with Gasteiger partial charge in [-0.1, -0.05) is 35.4 Å². The Morgan fingerprint density at radius 3 is 2.61 bits per heavy atom. The molecule has 1 unspecified atom stereocenters. The van der Waals surface area contributed by atoms with Gasteiger partial charge >= 0.3 is 0 Å². The first-order chi connectivity index (χ1) is 18.4. The van der Waals surface area contributed by atoms with Gasteiger partial charge in [0.05, 0.1) is 18.3 Å². The molecule has 0 bridgehead atoms. The second-order valence-corrected chi connectivity index (χ2v) is 9.91. The van der Waals surface area contributed by atoms with E-state index in [0.717, 1.165) is 49.6 Å². The molecule has 1 aliphatic carbocycles. The van der Waals surface area contributed by atoms with E-state index in [-0.39, 0.29) is 6.04 Å². The van der Waals surface area contributed by atoms with Crippen LogP contribution in [0.15, 0.2) is 71.6 Å². The Bertz CT molecular complexity index is 1230. The average Bonchev–Trinajstić information content (AvgIpc) is 3.07. The van der Waals surface area contributed by atoms with Crippen molar-refractivity contribution in [3.8, 4) is 0 Å². The quantitative estimate of drug-likeness (QED) is 0.220. The van der Waals surface area contributed by atoms with Crippen molar-refractivity contribution in [3.05, 3.63) is 87.8 Å². The number of fused-ring (bicyclic) bond motifs is 2. The van der Waals surface area contributed by atoms with E-state index >= 15 is 0 Å². The van der Waals surface area contributed by atoms with Gasteiger partial charge in [-0.3, -0.25) is 4.79 Å². The molecule has 2 heterocycles. The van der Waals surface area contributed by atoms with E-state index in [0.29, 0.717) is 24.5 Å². The van der Waals surface area contributed by atoms with Crippen LogP contribution in [0.1, 0.15) is 37.3 Å². The molecule has 1 atom stereocenters. The van der Waals surface area contributed by atoms with Crippen LogP contribution in [-0.4, -0.2) is 44.2 Å². The molecule has 1 fully saturated rings. The molecule has 5 N–H and O–H groups in total. The molecule has 0 saturated carbocycles. The average molecular weight is 538 g/mol. The first-order valence-corrected chi connectivity index (χ1v) is 13.3. The van der Waals surface area contributed by atoms with Crippen molar-refractivity contribution in [2.45, 2.75) is 38.6 Å². The van der Waals surface area contributed by atoms with Crippen LogP contribution in [0.4, 0.5) is 11.4 Å². The van der Waals surface area contributed by atoms with Gasteiger partial charge in [-0.05, 0) is 86.7 Å². The molecule has 0 amide bonds. The summed E-state index contributed by atoms with van der Waals surface area (Å²) in [5.74, 6) is 7.05. The van der Waals surface area contributed by atoms with Crippen molar-refractivity contribution < 1.29 is 14.4 Å². The Kier molecular flexibility index (Phi) is 9.33. The number of carbonyl (C=O) groups is 1. The first kappa shape index (κ1) is 27.6. The second-order valence-electron chi connectivity index (χ2n) is 9.47. The van der Waals surface area contributed by atoms with Crippen LogP contribution in [-0.2, 0) is 20.8 Å². The molecule has 0 aromatic heterocycles. The van der Waals surface area contributed by atoms with E-state index in [2.05, 4.69) is 34.1 Å². The van der Waals surface area contributed by atoms with E-state index < -0.39 is 0 Å². The topological polar surface area (TPSA) is 106 Å². The molecule has 2 aromatic rings. The van der Waals surface area contributed by atoms with E-state index in [1.165, 1.54) is 33.0 Å². The number of nitrogens with zero attached hydrogens (tertiary/aromatic N) is 2. The summed E-state index contributed by atoms with van der Waals surface area (Å²) < 4.78 is 4.15.